The van der Waals surface area contributed by atoms with Crippen molar-refractivity contribution in [2.24, 2.45) is 5.41 Å². The van der Waals surface area contributed by atoms with Gasteiger partial charge >= 0.3 is 5.97 Å². The van der Waals surface area contributed by atoms with Crippen molar-refractivity contribution in [3.05, 3.63) is 29.8 Å². The van der Waals surface area contributed by atoms with Crippen LogP contribution < -0.4 is 4.74 Å². The molecule has 0 aromatic heterocycles. The van der Waals surface area contributed by atoms with Crippen LogP contribution in [0.3, 0.4) is 0 Å². The lowest BCUT2D eigenvalue weighted by atomic mass is 9.88. The van der Waals surface area contributed by atoms with E-state index in [4.69, 9.17) is 9.84 Å². The van der Waals surface area contributed by atoms with Crippen LogP contribution in [0.4, 0.5) is 0 Å². The van der Waals surface area contributed by atoms with Crippen LogP contribution in [-0.2, 0) is 11.2 Å². The van der Waals surface area contributed by atoms with E-state index in [0.717, 1.165) is 18.6 Å². The highest BCUT2D eigenvalue weighted by molar-refractivity contribution is 5.73. The molecule has 100 valence electrons. The van der Waals surface area contributed by atoms with E-state index in [2.05, 4.69) is 19.1 Å². The maximum absolute atomic E-state index is 10.9. The monoisotopic (exact) mass is 250 g/mol. The summed E-state index contributed by atoms with van der Waals surface area (Å²) in [5.41, 5.74) is 0.615. The van der Waals surface area contributed by atoms with E-state index in [1.807, 2.05) is 12.1 Å². The molecule has 0 amide bonds. The summed E-state index contributed by atoms with van der Waals surface area (Å²) >= 11 is 0. The van der Waals surface area contributed by atoms with Gasteiger partial charge < -0.3 is 9.84 Å². The third kappa shape index (κ3) is 4.40. The van der Waals surface area contributed by atoms with E-state index in [1.54, 1.807) is 13.8 Å². The molecular formula is C15H22O3. The molecular weight excluding hydrogens is 228 g/mol. The molecule has 1 aromatic rings. The topological polar surface area (TPSA) is 46.5 Å². The Morgan fingerprint density at radius 1 is 1.28 bits per heavy atom. The van der Waals surface area contributed by atoms with E-state index < -0.39 is 11.4 Å². The van der Waals surface area contributed by atoms with Crippen LogP contribution >= 0.6 is 0 Å². The number of aryl methyl sites for hydroxylation is 1. The molecule has 0 saturated carbocycles. The molecule has 0 saturated heterocycles. The number of carbonyl (C=O) groups is 1. The van der Waals surface area contributed by atoms with Crippen molar-refractivity contribution < 1.29 is 14.6 Å². The molecule has 0 radical (unpaired) electrons. The SMILES string of the molecule is CCc1ccc(OCCCC(C)(C)C(=O)O)cc1. The molecule has 3 heteroatoms. The normalized spacial score (nSPS) is 11.3. The van der Waals surface area contributed by atoms with Gasteiger partial charge in [0.05, 0.1) is 12.0 Å². The van der Waals surface area contributed by atoms with Crippen molar-refractivity contribution in [2.75, 3.05) is 6.61 Å². The molecule has 0 unspecified atom stereocenters. The highest BCUT2D eigenvalue weighted by Crippen LogP contribution is 2.22. The van der Waals surface area contributed by atoms with Crippen molar-refractivity contribution in [2.45, 2.75) is 40.0 Å². The zero-order valence-electron chi connectivity index (χ0n) is 11.4. The van der Waals surface area contributed by atoms with Crippen LogP contribution in [-0.4, -0.2) is 17.7 Å². The quantitative estimate of drug-likeness (QED) is 0.753. The molecule has 0 aliphatic rings. The molecule has 0 spiro atoms. The van der Waals surface area contributed by atoms with Crippen LogP contribution in [0.1, 0.15) is 39.2 Å². The van der Waals surface area contributed by atoms with Gasteiger partial charge in [0, 0.05) is 0 Å². The van der Waals surface area contributed by atoms with Crippen LogP contribution in [0.2, 0.25) is 0 Å². The zero-order chi connectivity index (χ0) is 13.6. The third-order valence-corrected chi connectivity index (χ3v) is 3.13. The minimum absolute atomic E-state index is 0.558. The second kappa shape index (κ2) is 6.43. The first-order valence-corrected chi connectivity index (χ1v) is 6.41. The Morgan fingerprint density at radius 3 is 2.39 bits per heavy atom. The largest absolute Gasteiger partial charge is 0.494 e. The number of ether oxygens (including phenoxy) is 1. The van der Waals surface area contributed by atoms with Gasteiger partial charge in [0.1, 0.15) is 5.75 Å². The molecule has 0 aliphatic carbocycles. The molecule has 0 fully saturated rings. The number of aliphatic carboxylic acids is 1. The van der Waals surface area contributed by atoms with Crippen LogP contribution in [0.5, 0.6) is 5.75 Å². The van der Waals surface area contributed by atoms with Gasteiger partial charge in [-0.2, -0.15) is 0 Å². The fraction of sp³-hybridized carbons (Fsp3) is 0.533. The molecule has 0 aliphatic heterocycles. The number of carboxylic acids is 1. The summed E-state index contributed by atoms with van der Waals surface area (Å²) < 4.78 is 5.59. The first-order valence-electron chi connectivity index (χ1n) is 6.41. The number of benzene rings is 1. The summed E-state index contributed by atoms with van der Waals surface area (Å²) in [4.78, 5) is 10.9. The summed E-state index contributed by atoms with van der Waals surface area (Å²) in [5.74, 6) is 0.0927. The average molecular weight is 250 g/mol. The van der Waals surface area contributed by atoms with Gasteiger partial charge in [-0.15, -0.1) is 0 Å². The Bertz CT molecular complexity index is 379. The van der Waals surface area contributed by atoms with Crippen LogP contribution in [0, 0.1) is 5.41 Å². The molecule has 1 aromatic carbocycles. The van der Waals surface area contributed by atoms with Crippen molar-refractivity contribution in [1.82, 2.24) is 0 Å². The second-order valence-electron chi connectivity index (χ2n) is 5.14. The smallest absolute Gasteiger partial charge is 0.309 e. The zero-order valence-corrected chi connectivity index (χ0v) is 11.4. The molecule has 3 nitrogen and oxygen atoms in total. The van der Waals surface area contributed by atoms with E-state index in [-0.39, 0.29) is 0 Å². The van der Waals surface area contributed by atoms with Gasteiger partial charge in [-0.3, -0.25) is 4.79 Å². The van der Waals surface area contributed by atoms with Gasteiger partial charge in [0.15, 0.2) is 0 Å². The van der Waals surface area contributed by atoms with E-state index in [0.29, 0.717) is 13.0 Å². The van der Waals surface area contributed by atoms with Crippen molar-refractivity contribution >= 4 is 5.97 Å². The lowest BCUT2D eigenvalue weighted by Crippen LogP contribution is -2.24. The van der Waals surface area contributed by atoms with Gasteiger partial charge in [-0.05, 0) is 50.8 Å². The Labute approximate surface area is 109 Å². The summed E-state index contributed by atoms with van der Waals surface area (Å²) in [6.45, 7) is 6.16. The summed E-state index contributed by atoms with van der Waals surface area (Å²) in [7, 11) is 0. The molecule has 18 heavy (non-hydrogen) atoms. The van der Waals surface area contributed by atoms with Gasteiger partial charge in [0.25, 0.3) is 0 Å². The van der Waals surface area contributed by atoms with E-state index in [9.17, 15) is 4.79 Å². The Kier molecular flexibility index (Phi) is 5.20. The summed E-state index contributed by atoms with van der Waals surface area (Å²) in [6.07, 6.45) is 2.39. The molecule has 0 bridgehead atoms. The highest BCUT2D eigenvalue weighted by atomic mass is 16.5. The summed E-state index contributed by atoms with van der Waals surface area (Å²) in [5, 5.41) is 8.97. The number of rotatable bonds is 7. The van der Waals surface area contributed by atoms with Gasteiger partial charge in [-0.25, -0.2) is 0 Å². The molecule has 0 atom stereocenters. The van der Waals surface area contributed by atoms with Crippen LogP contribution in [0.15, 0.2) is 24.3 Å². The van der Waals surface area contributed by atoms with Gasteiger partial charge in [0.2, 0.25) is 0 Å². The van der Waals surface area contributed by atoms with Crippen molar-refractivity contribution in [3.8, 4) is 5.75 Å². The van der Waals surface area contributed by atoms with Crippen molar-refractivity contribution in [3.63, 3.8) is 0 Å². The van der Waals surface area contributed by atoms with Crippen molar-refractivity contribution in [1.29, 1.82) is 0 Å². The predicted octanol–water partition coefficient (Wildman–Crippen LogP) is 3.52. The Morgan fingerprint density at radius 2 is 1.89 bits per heavy atom. The van der Waals surface area contributed by atoms with Gasteiger partial charge in [-0.1, -0.05) is 19.1 Å². The molecule has 1 rings (SSSR count). The average Bonchev–Trinajstić information content (AvgIpc) is 2.35. The van der Waals surface area contributed by atoms with E-state index in [1.165, 1.54) is 5.56 Å². The minimum atomic E-state index is -0.755. The number of hydrogen-bond acceptors (Lipinski definition) is 2. The third-order valence-electron chi connectivity index (χ3n) is 3.13. The standard InChI is InChI=1S/C15H22O3/c1-4-12-6-8-13(9-7-12)18-11-5-10-15(2,3)14(16)17/h6-9H,4-5,10-11H2,1-3H3,(H,16,17). The fourth-order valence-electron chi connectivity index (χ4n) is 1.63. The number of hydrogen-bond donors (Lipinski definition) is 1. The fourth-order valence-corrected chi connectivity index (χ4v) is 1.63. The Balaban J connectivity index is 2.31. The predicted molar refractivity (Wildman–Crippen MR) is 72.0 cm³/mol. The van der Waals surface area contributed by atoms with E-state index >= 15 is 0 Å². The van der Waals surface area contributed by atoms with Crippen LogP contribution in [0.25, 0.3) is 0 Å². The first-order chi connectivity index (χ1) is 8.45. The maximum Gasteiger partial charge on any atom is 0.309 e. The number of carboxylic acid groups (broad SMARTS) is 1. The lowest BCUT2D eigenvalue weighted by Gasteiger charge is -2.18. The first kappa shape index (κ1) is 14.6. The second-order valence-corrected chi connectivity index (χ2v) is 5.14. The maximum atomic E-state index is 10.9. The highest BCUT2D eigenvalue weighted by Gasteiger charge is 2.26. The summed E-state index contributed by atoms with van der Waals surface area (Å²) in [6, 6.07) is 8.02. The molecule has 0 heterocycles. The Hall–Kier alpha value is -1.51. The lowest BCUT2D eigenvalue weighted by molar-refractivity contribution is -0.147. The molecule has 1 N–H and O–H groups in total. The minimum Gasteiger partial charge on any atom is -0.494 e.